The molecule has 0 radical (unpaired) electrons. The lowest BCUT2D eigenvalue weighted by atomic mass is 10.2. The fraction of sp³-hybridized carbons (Fsp3) is 0.0833. The van der Waals surface area contributed by atoms with Crippen molar-refractivity contribution >= 4 is 27.7 Å². The molecule has 2 aromatic rings. The second-order valence-electron chi connectivity index (χ2n) is 3.97. The van der Waals surface area contributed by atoms with Gasteiger partial charge in [0.25, 0.3) is 5.56 Å². The Hall–Kier alpha value is -2.22. The van der Waals surface area contributed by atoms with E-state index in [0.29, 0.717) is 10.0 Å². The van der Waals surface area contributed by atoms with Gasteiger partial charge in [0.2, 0.25) is 0 Å². The summed E-state index contributed by atoms with van der Waals surface area (Å²) in [5.74, 6) is -1.82. The number of anilines is 1. The Bertz CT molecular complexity index is 745. The first kappa shape index (κ1) is 14.2. The van der Waals surface area contributed by atoms with Crippen LogP contribution in [-0.4, -0.2) is 21.0 Å². The number of nitrogen functional groups attached to an aromatic ring is 1. The van der Waals surface area contributed by atoms with E-state index in [1.165, 1.54) is 18.2 Å². The molecule has 0 bridgehead atoms. The van der Waals surface area contributed by atoms with E-state index in [1.807, 2.05) is 0 Å². The van der Waals surface area contributed by atoms with Crippen LogP contribution in [0.25, 0.3) is 11.4 Å². The number of aromatic amines is 1. The second-order valence-corrected chi connectivity index (χ2v) is 4.83. The Morgan fingerprint density at radius 3 is 2.80 bits per heavy atom. The van der Waals surface area contributed by atoms with Crippen LogP contribution in [0.2, 0.25) is 0 Å². The van der Waals surface area contributed by atoms with Crippen molar-refractivity contribution in [2.45, 2.75) is 6.42 Å². The third-order valence-electron chi connectivity index (χ3n) is 2.56. The number of halogens is 2. The van der Waals surface area contributed by atoms with E-state index in [0.717, 1.165) is 0 Å². The maximum absolute atomic E-state index is 13.2. The minimum Gasteiger partial charge on any atom is -0.481 e. The quantitative estimate of drug-likeness (QED) is 0.784. The number of aliphatic carboxylic acids is 1. The van der Waals surface area contributed by atoms with Crippen LogP contribution in [0, 0.1) is 5.82 Å². The van der Waals surface area contributed by atoms with Crippen LogP contribution in [-0.2, 0) is 11.2 Å². The number of nitrogens with zero attached hydrogens (tertiary/aromatic N) is 1. The second kappa shape index (κ2) is 5.41. The standard InChI is InChI=1S/C12H9BrFN3O3/c13-8-2-1-5(14)3-6(8)11-16-10(15)7(4-9(18)19)12(20)17-11/h1-3H,4H2,(H,18,19)(H3,15,16,17,20). The fourth-order valence-corrected chi connectivity index (χ4v) is 2.08. The van der Waals surface area contributed by atoms with E-state index in [9.17, 15) is 14.0 Å². The van der Waals surface area contributed by atoms with E-state index in [-0.39, 0.29) is 17.2 Å². The molecule has 0 aliphatic rings. The van der Waals surface area contributed by atoms with Gasteiger partial charge in [-0.25, -0.2) is 9.37 Å². The number of carboxylic acids is 1. The SMILES string of the molecule is Nc1nc(-c2cc(F)ccc2Br)[nH]c(=O)c1CC(=O)O. The average Bonchev–Trinajstić information content (AvgIpc) is 2.36. The number of hydrogen-bond donors (Lipinski definition) is 3. The van der Waals surface area contributed by atoms with Gasteiger partial charge in [0.05, 0.1) is 12.0 Å². The molecule has 20 heavy (non-hydrogen) atoms. The third kappa shape index (κ3) is 2.85. The van der Waals surface area contributed by atoms with E-state index in [2.05, 4.69) is 25.9 Å². The number of aromatic nitrogens is 2. The summed E-state index contributed by atoms with van der Waals surface area (Å²) in [7, 11) is 0. The zero-order valence-electron chi connectivity index (χ0n) is 9.98. The lowest BCUT2D eigenvalue weighted by molar-refractivity contribution is -0.136. The van der Waals surface area contributed by atoms with Gasteiger partial charge in [-0.15, -0.1) is 0 Å². The molecule has 0 unspecified atom stereocenters. The maximum Gasteiger partial charge on any atom is 0.308 e. The van der Waals surface area contributed by atoms with Gasteiger partial charge in [-0.05, 0) is 18.2 Å². The molecule has 0 aliphatic carbocycles. The minimum absolute atomic E-state index is 0.0630. The van der Waals surface area contributed by atoms with Crippen molar-refractivity contribution in [3.8, 4) is 11.4 Å². The molecule has 0 aliphatic heterocycles. The summed E-state index contributed by atoms with van der Waals surface area (Å²) >= 11 is 3.21. The number of nitrogens with one attached hydrogen (secondary N) is 1. The minimum atomic E-state index is -1.19. The van der Waals surface area contributed by atoms with Gasteiger partial charge in [-0.3, -0.25) is 9.59 Å². The molecule has 0 fully saturated rings. The number of nitrogens with two attached hydrogens (primary N) is 1. The Morgan fingerprint density at radius 2 is 2.20 bits per heavy atom. The first-order valence-electron chi connectivity index (χ1n) is 5.44. The number of H-pyrrole nitrogens is 1. The summed E-state index contributed by atoms with van der Waals surface area (Å²) in [6, 6.07) is 3.89. The molecule has 2 rings (SSSR count). The number of carbonyl (C=O) groups is 1. The van der Waals surface area contributed by atoms with Crippen LogP contribution in [0.1, 0.15) is 5.56 Å². The molecule has 0 spiro atoms. The molecule has 1 aromatic heterocycles. The van der Waals surface area contributed by atoms with Crippen molar-refractivity contribution in [3.05, 3.63) is 44.4 Å². The van der Waals surface area contributed by atoms with E-state index < -0.39 is 23.8 Å². The van der Waals surface area contributed by atoms with Gasteiger partial charge in [0.1, 0.15) is 17.5 Å². The lowest BCUT2D eigenvalue weighted by Crippen LogP contribution is -2.21. The van der Waals surface area contributed by atoms with Crippen molar-refractivity contribution in [1.29, 1.82) is 0 Å². The van der Waals surface area contributed by atoms with Gasteiger partial charge < -0.3 is 15.8 Å². The van der Waals surface area contributed by atoms with Crippen LogP contribution in [0.5, 0.6) is 0 Å². The van der Waals surface area contributed by atoms with E-state index in [4.69, 9.17) is 10.8 Å². The normalized spacial score (nSPS) is 10.5. The molecule has 1 aromatic carbocycles. The van der Waals surface area contributed by atoms with Crippen LogP contribution in [0.3, 0.4) is 0 Å². The Morgan fingerprint density at radius 1 is 1.50 bits per heavy atom. The van der Waals surface area contributed by atoms with Crippen molar-refractivity contribution in [2.75, 3.05) is 5.73 Å². The van der Waals surface area contributed by atoms with Crippen molar-refractivity contribution in [1.82, 2.24) is 9.97 Å². The van der Waals surface area contributed by atoms with Crippen LogP contribution < -0.4 is 11.3 Å². The zero-order chi connectivity index (χ0) is 14.9. The summed E-state index contributed by atoms with van der Waals surface area (Å²) in [5, 5.41) is 8.69. The Labute approximate surface area is 120 Å². The molecule has 1 heterocycles. The van der Waals surface area contributed by atoms with Crippen molar-refractivity contribution < 1.29 is 14.3 Å². The number of rotatable bonds is 3. The predicted octanol–water partition coefficient (Wildman–Crippen LogP) is 1.55. The van der Waals surface area contributed by atoms with Gasteiger partial charge in [0.15, 0.2) is 0 Å². The highest BCUT2D eigenvalue weighted by molar-refractivity contribution is 9.10. The van der Waals surface area contributed by atoms with E-state index >= 15 is 0 Å². The largest absolute Gasteiger partial charge is 0.481 e. The molecule has 8 heteroatoms. The highest BCUT2D eigenvalue weighted by Gasteiger charge is 2.15. The highest BCUT2D eigenvalue weighted by atomic mass is 79.9. The number of benzene rings is 1. The molecule has 0 amide bonds. The number of hydrogen-bond acceptors (Lipinski definition) is 4. The molecule has 104 valence electrons. The zero-order valence-corrected chi connectivity index (χ0v) is 11.6. The summed E-state index contributed by atoms with van der Waals surface area (Å²) in [5.41, 5.74) is 5.12. The molecule has 0 saturated heterocycles. The molecule has 4 N–H and O–H groups in total. The molecule has 6 nitrogen and oxygen atoms in total. The lowest BCUT2D eigenvalue weighted by Gasteiger charge is -2.07. The average molecular weight is 342 g/mol. The van der Waals surface area contributed by atoms with Gasteiger partial charge in [-0.2, -0.15) is 0 Å². The Kier molecular flexibility index (Phi) is 3.84. The summed E-state index contributed by atoms with van der Waals surface area (Å²) < 4.78 is 13.8. The summed E-state index contributed by atoms with van der Waals surface area (Å²) in [4.78, 5) is 28.8. The predicted molar refractivity (Wildman–Crippen MR) is 73.7 cm³/mol. The summed E-state index contributed by atoms with van der Waals surface area (Å²) in [6.07, 6.45) is -0.529. The molecule has 0 atom stereocenters. The first-order valence-corrected chi connectivity index (χ1v) is 6.23. The van der Waals surface area contributed by atoms with Gasteiger partial charge in [-0.1, -0.05) is 15.9 Å². The Balaban J connectivity index is 2.58. The molecule has 0 saturated carbocycles. The van der Waals surface area contributed by atoms with Crippen LogP contribution >= 0.6 is 15.9 Å². The topological polar surface area (TPSA) is 109 Å². The third-order valence-corrected chi connectivity index (χ3v) is 3.25. The summed E-state index contributed by atoms with van der Waals surface area (Å²) in [6.45, 7) is 0. The van der Waals surface area contributed by atoms with Crippen LogP contribution in [0.4, 0.5) is 10.2 Å². The molecular formula is C12H9BrFN3O3. The van der Waals surface area contributed by atoms with E-state index in [1.54, 1.807) is 0 Å². The van der Waals surface area contributed by atoms with Gasteiger partial charge in [0, 0.05) is 10.0 Å². The molecular weight excluding hydrogens is 333 g/mol. The smallest absolute Gasteiger partial charge is 0.308 e. The van der Waals surface area contributed by atoms with Crippen LogP contribution in [0.15, 0.2) is 27.5 Å². The fourth-order valence-electron chi connectivity index (χ4n) is 1.64. The van der Waals surface area contributed by atoms with Gasteiger partial charge >= 0.3 is 5.97 Å². The van der Waals surface area contributed by atoms with Crippen molar-refractivity contribution in [3.63, 3.8) is 0 Å². The van der Waals surface area contributed by atoms with Crippen molar-refractivity contribution in [2.24, 2.45) is 0 Å². The highest BCUT2D eigenvalue weighted by Crippen LogP contribution is 2.26. The maximum atomic E-state index is 13.2. The monoisotopic (exact) mass is 341 g/mol. The number of carboxylic acid groups (broad SMARTS) is 1. The first-order chi connectivity index (χ1) is 9.38.